The number of carbonyl (C=O) groups is 1. The summed E-state index contributed by atoms with van der Waals surface area (Å²) >= 11 is 12.2. The lowest BCUT2D eigenvalue weighted by Gasteiger charge is -2.36. The molecule has 1 aliphatic rings. The van der Waals surface area contributed by atoms with Crippen molar-refractivity contribution >= 4 is 51.5 Å². The van der Waals surface area contributed by atoms with Gasteiger partial charge in [0.15, 0.2) is 0 Å². The van der Waals surface area contributed by atoms with Crippen molar-refractivity contribution in [2.75, 3.05) is 43.5 Å². The van der Waals surface area contributed by atoms with Crippen LogP contribution in [0.25, 0.3) is 10.9 Å². The van der Waals surface area contributed by atoms with E-state index >= 15 is 0 Å². The number of hydrogen-bond donors (Lipinski definition) is 1. The van der Waals surface area contributed by atoms with Crippen LogP contribution in [0.1, 0.15) is 0 Å². The van der Waals surface area contributed by atoms with Crippen LogP contribution in [0.15, 0.2) is 48.7 Å². The van der Waals surface area contributed by atoms with Gasteiger partial charge in [-0.1, -0.05) is 23.2 Å². The normalized spacial score (nSPS) is 14.2. The second-order valence-corrected chi connectivity index (χ2v) is 7.59. The van der Waals surface area contributed by atoms with E-state index in [1.165, 1.54) is 0 Å². The van der Waals surface area contributed by atoms with Gasteiger partial charge in [0.2, 0.25) is 0 Å². The summed E-state index contributed by atoms with van der Waals surface area (Å²) in [6.45, 7) is 2.71. The van der Waals surface area contributed by atoms with E-state index in [4.69, 9.17) is 27.9 Å². The van der Waals surface area contributed by atoms with Gasteiger partial charge in [0.1, 0.15) is 5.75 Å². The Bertz CT molecular complexity index is 1050. The van der Waals surface area contributed by atoms with Crippen molar-refractivity contribution in [3.05, 3.63) is 58.7 Å². The summed E-state index contributed by atoms with van der Waals surface area (Å²) in [5.74, 6) is 0.573. The number of urea groups is 1. The van der Waals surface area contributed by atoms with Gasteiger partial charge < -0.3 is 19.9 Å². The van der Waals surface area contributed by atoms with Crippen LogP contribution in [0.2, 0.25) is 10.0 Å². The summed E-state index contributed by atoms with van der Waals surface area (Å²) in [4.78, 5) is 21.1. The van der Waals surface area contributed by atoms with Crippen molar-refractivity contribution in [1.82, 2.24) is 9.88 Å². The quantitative estimate of drug-likeness (QED) is 0.641. The standard InChI is InChI=1S/C21H20Cl2N4O2/c1-29-20-5-3-15(13-17(20)23)25-21(28)27-10-8-26(9-11-27)19-6-7-24-18-12-14(22)2-4-16(18)19/h2-7,12-13H,8-11H2,1H3,(H,25,28). The number of anilines is 2. The first-order valence-electron chi connectivity index (χ1n) is 9.24. The number of piperazine rings is 1. The van der Waals surface area contributed by atoms with E-state index in [1.54, 1.807) is 36.4 Å². The zero-order chi connectivity index (χ0) is 20.4. The minimum absolute atomic E-state index is 0.141. The molecule has 4 rings (SSSR count). The van der Waals surface area contributed by atoms with Crippen LogP contribution < -0.4 is 15.0 Å². The molecule has 2 heterocycles. The molecule has 0 aliphatic carbocycles. The van der Waals surface area contributed by atoms with Crippen LogP contribution in [-0.4, -0.2) is 49.2 Å². The van der Waals surface area contributed by atoms with Crippen LogP contribution in [0.5, 0.6) is 5.75 Å². The lowest BCUT2D eigenvalue weighted by atomic mass is 10.1. The molecular weight excluding hydrogens is 411 g/mol. The topological polar surface area (TPSA) is 57.7 Å². The monoisotopic (exact) mass is 430 g/mol. The average molecular weight is 431 g/mol. The molecule has 150 valence electrons. The van der Waals surface area contributed by atoms with E-state index in [0.717, 1.165) is 29.7 Å². The molecule has 1 N–H and O–H groups in total. The summed E-state index contributed by atoms with van der Waals surface area (Å²) in [7, 11) is 1.56. The Morgan fingerprint density at radius 2 is 1.86 bits per heavy atom. The number of amides is 2. The summed E-state index contributed by atoms with van der Waals surface area (Å²) in [5.41, 5.74) is 2.61. The van der Waals surface area contributed by atoms with Gasteiger partial charge in [-0.15, -0.1) is 0 Å². The highest BCUT2D eigenvalue weighted by atomic mass is 35.5. The minimum atomic E-state index is -0.141. The predicted molar refractivity (Wildman–Crippen MR) is 118 cm³/mol. The van der Waals surface area contributed by atoms with Crippen LogP contribution in [0.3, 0.4) is 0 Å². The van der Waals surface area contributed by atoms with Crippen LogP contribution >= 0.6 is 23.2 Å². The number of halogens is 2. The maximum Gasteiger partial charge on any atom is 0.321 e. The third-order valence-corrected chi connectivity index (χ3v) is 5.52. The molecule has 3 aromatic rings. The molecule has 8 heteroatoms. The molecule has 29 heavy (non-hydrogen) atoms. The molecule has 6 nitrogen and oxygen atoms in total. The van der Waals surface area contributed by atoms with E-state index < -0.39 is 0 Å². The highest BCUT2D eigenvalue weighted by Crippen LogP contribution is 2.29. The molecule has 1 aromatic heterocycles. The Balaban J connectivity index is 1.42. The maximum atomic E-state index is 12.6. The molecule has 0 atom stereocenters. The fourth-order valence-electron chi connectivity index (χ4n) is 3.48. The van der Waals surface area contributed by atoms with E-state index in [9.17, 15) is 4.79 Å². The Labute approximate surface area is 179 Å². The first kappa shape index (κ1) is 19.6. The first-order chi connectivity index (χ1) is 14.0. The highest BCUT2D eigenvalue weighted by Gasteiger charge is 2.22. The molecule has 0 bridgehead atoms. The Morgan fingerprint density at radius 1 is 1.07 bits per heavy atom. The SMILES string of the molecule is COc1ccc(NC(=O)N2CCN(c3ccnc4cc(Cl)ccc34)CC2)cc1Cl. The van der Waals surface area contributed by atoms with Crippen molar-refractivity contribution in [2.24, 2.45) is 0 Å². The lowest BCUT2D eigenvalue weighted by Crippen LogP contribution is -2.50. The van der Waals surface area contributed by atoms with Crippen molar-refractivity contribution in [2.45, 2.75) is 0 Å². The number of benzene rings is 2. The second kappa shape index (κ2) is 8.35. The fraction of sp³-hybridized carbons (Fsp3) is 0.238. The number of methoxy groups -OCH3 is 1. The van der Waals surface area contributed by atoms with Gasteiger partial charge in [0.25, 0.3) is 0 Å². The minimum Gasteiger partial charge on any atom is -0.495 e. The molecule has 2 amide bonds. The number of aromatic nitrogens is 1. The van der Waals surface area contributed by atoms with Crippen LogP contribution in [0, 0.1) is 0 Å². The van der Waals surface area contributed by atoms with E-state index in [-0.39, 0.29) is 6.03 Å². The number of nitrogens with one attached hydrogen (secondary N) is 1. The van der Waals surface area contributed by atoms with Crippen molar-refractivity contribution in [1.29, 1.82) is 0 Å². The third kappa shape index (κ3) is 4.18. The zero-order valence-electron chi connectivity index (χ0n) is 15.9. The molecule has 1 fully saturated rings. The van der Waals surface area contributed by atoms with Gasteiger partial charge >= 0.3 is 6.03 Å². The Kier molecular flexibility index (Phi) is 5.65. The molecule has 0 unspecified atom stereocenters. The van der Waals surface area contributed by atoms with E-state index in [2.05, 4.69) is 15.2 Å². The summed E-state index contributed by atoms with van der Waals surface area (Å²) in [6.07, 6.45) is 1.79. The molecule has 0 spiro atoms. The Morgan fingerprint density at radius 3 is 2.59 bits per heavy atom. The first-order valence-corrected chi connectivity index (χ1v) is 9.99. The van der Waals surface area contributed by atoms with Crippen molar-refractivity contribution in [3.8, 4) is 5.75 Å². The molecule has 1 saturated heterocycles. The largest absolute Gasteiger partial charge is 0.495 e. The lowest BCUT2D eigenvalue weighted by molar-refractivity contribution is 0.208. The number of rotatable bonds is 3. The third-order valence-electron chi connectivity index (χ3n) is 4.99. The highest BCUT2D eigenvalue weighted by molar-refractivity contribution is 6.32. The number of carbonyl (C=O) groups excluding carboxylic acids is 1. The number of hydrogen-bond acceptors (Lipinski definition) is 4. The van der Waals surface area contributed by atoms with E-state index in [1.807, 2.05) is 24.3 Å². The maximum absolute atomic E-state index is 12.6. The van der Waals surface area contributed by atoms with Crippen LogP contribution in [0.4, 0.5) is 16.2 Å². The fourth-order valence-corrected chi connectivity index (χ4v) is 3.90. The van der Waals surface area contributed by atoms with Gasteiger partial charge in [-0.2, -0.15) is 0 Å². The van der Waals surface area contributed by atoms with Gasteiger partial charge in [-0.25, -0.2) is 4.79 Å². The van der Waals surface area contributed by atoms with Gasteiger partial charge in [0, 0.05) is 54.2 Å². The number of ether oxygens (including phenoxy) is 1. The predicted octanol–water partition coefficient (Wildman–Crippen LogP) is 4.90. The number of nitrogens with zero attached hydrogens (tertiary/aromatic N) is 3. The summed E-state index contributed by atoms with van der Waals surface area (Å²) in [5, 5.41) is 5.08. The second-order valence-electron chi connectivity index (χ2n) is 6.75. The molecule has 0 radical (unpaired) electrons. The van der Waals surface area contributed by atoms with Gasteiger partial charge in [-0.3, -0.25) is 4.98 Å². The van der Waals surface area contributed by atoms with E-state index in [0.29, 0.717) is 34.6 Å². The molecular formula is C21H20Cl2N4O2. The van der Waals surface area contributed by atoms with Gasteiger partial charge in [0.05, 0.1) is 17.6 Å². The molecule has 0 saturated carbocycles. The van der Waals surface area contributed by atoms with Crippen molar-refractivity contribution in [3.63, 3.8) is 0 Å². The molecule has 1 aliphatic heterocycles. The number of fused-ring (bicyclic) bond motifs is 1. The van der Waals surface area contributed by atoms with Crippen LogP contribution in [-0.2, 0) is 0 Å². The molecule has 2 aromatic carbocycles. The summed E-state index contributed by atoms with van der Waals surface area (Å²) < 4.78 is 5.14. The van der Waals surface area contributed by atoms with Crippen molar-refractivity contribution < 1.29 is 9.53 Å². The average Bonchev–Trinajstić information content (AvgIpc) is 2.73. The smallest absolute Gasteiger partial charge is 0.321 e. The Hall–Kier alpha value is -2.70. The summed E-state index contributed by atoms with van der Waals surface area (Å²) in [6, 6.07) is 12.8. The van der Waals surface area contributed by atoms with Gasteiger partial charge in [-0.05, 0) is 42.5 Å². The number of pyridine rings is 1. The zero-order valence-corrected chi connectivity index (χ0v) is 17.4.